The molecule has 3 aromatic heterocycles. The maximum Gasteiger partial charge on any atom is 0.318 e. The Morgan fingerprint density at radius 2 is 1.85 bits per heavy atom. The molecule has 0 spiro atoms. The van der Waals surface area contributed by atoms with Gasteiger partial charge in [0.25, 0.3) is 5.89 Å². The van der Waals surface area contributed by atoms with Crippen LogP contribution in [0, 0.1) is 17.0 Å². The molecule has 40 heavy (non-hydrogen) atoms. The third-order valence-corrected chi connectivity index (χ3v) is 6.53. The molecule has 1 saturated heterocycles. The van der Waals surface area contributed by atoms with E-state index in [2.05, 4.69) is 42.7 Å². The molecule has 0 saturated carbocycles. The van der Waals surface area contributed by atoms with Gasteiger partial charge in [-0.05, 0) is 44.9 Å². The molecular formula is C26H29F2N9O3. The fraction of sp³-hybridized carbons (Fsp3) is 0.423. The summed E-state index contributed by atoms with van der Waals surface area (Å²) in [7, 11) is 0. The van der Waals surface area contributed by atoms with Crippen LogP contribution in [-0.4, -0.2) is 54.2 Å². The molecule has 12 nitrogen and oxygen atoms in total. The monoisotopic (exact) mass is 553 g/mol. The fourth-order valence-electron chi connectivity index (χ4n) is 4.20. The van der Waals surface area contributed by atoms with E-state index in [0.717, 1.165) is 18.2 Å². The Hall–Kier alpha value is -4.49. The van der Waals surface area contributed by atoms with E-state index in [1.165, 1.54) is 29.2 Å². The second-order valence-corrected chi connectivity index (χ2v) is 11.0. The molecule has 14 heteroatoms. The molecule has 1 fully saturated rings. The van der Waals surface area contributed by atoms with Gasteiger partial charge in [-0.25, -0.2) is 23.4 Å². The summed E-state index contributed by atoms with van der Waals surface area (Å²) < 4.78 is 39.5. The minimum Gasteiger partial charge on any atom is -0.442 e. The number of hydrogen-bond acceptors (Lipinski definition) is 11. The maximum absolute atomic E-state index is 13.4. The van der Waals surface area contributed by atoms with Gasteiger partial charge in [-0.2, -0.15) is 0 Å². The molecule has 1 aliphatic rings. The third-order valence-electron chi connectivity index (χ3n) is 6.53. The summed E-state index contributed by atoms with van der Waals surface area (Å²) in [5, 5.41) is 19.7. The number of nitrogens with one attached hydrogen (secondary N) is 1. The van der Waals surface area contributed by atoms with E-state index in [9.17, 15) is 13.6 Å². The van der Waals surface area contributed by atoms with Crippen LogP contribution in [-0.2, 0) is 28.2 Å². The zero-order valence-electron chi connectivity index (χ0n) is 22.6. The Morgan fingerprint density at radius 3 is 2.55 bits per heavy atom. The Morgan fingerprint density at radius 1 is 1.12 bits per heavy atom. The molecule has 5 rings (SSSR count). The number of hydrogen-bond donors (Lipinski definition) is 1. The number of ether oxygens (including phenoxy) is 1. The summed E-state index contributed by atoms with van der Waals surface area (Å²) in [4.78, 5) is 22.5. The summed E-state index contributed by atoms with van der Waals surface area (Å²) in [6.07, 6.45) is 5.62. The first-order valence-electron chi connectivity index (χ1n) is 12.7. The molecule has 0 radical (unpaired) electrons. The topological polar surface area (TPSA) is 137 Å². The number of aromatic nitrogens is 7. The highest BCUT2D eigenvalue weighted by molar-refractivity contribution is 5.75. The van der Waals surface area contributed by atoms with Crippen molar-refractivity contribution < 1.29 is 22.7 Å². The molecule has 1 aromatic carbocycles. The quantitative estimate of drug-likeness (QED) is 0.320. The number of anilines is 2. The van der Waals surface area contributed by atoms with Gasteiger partial charge in [0.15, 0.2) is 6.73 Å². The molecule has 1 unspecified atom stereocenters. The van der Waals surface area contributed by atoms with Crippen LogP contribution in [0.1, 0.15) is 45.4 Å². The van der Waals surface area contributed by atoms with Crippen LogP contribution in [0.4, 0.5) is 20.7 Å². The normalized spacial score (nSPS) is 17.3. The van der Waals surface area contributed by atoms with E-state index in [1.54, 1.807) is 27.0 Å². The van der Waals surface area contributed by atoms with E-state index in [1.807, 2.05) is 4.90 Å². The van der Waals surface area contributed by atoms with E-state index in [0.29, 0.717) is 30.2 Å². The third kappa shape index (κ3) is 6.05. The van der Waals surface area contributed by atoms with Crippen molar-refractivity contribution in [2.24, 2.45) is 5.41 Å². The van der Waals surface area contributed by atoms with E-state index in [-0.39, 0.29) is 36.5 Å². The average Bonchev–Trinajstić information content (AvgIpc) is 3.66. The van der Waals surface area contributed by atoms with Gasteiger partial charge in [0, 0.05) is 43.5 Å². The van der Waals surface area contributed by atoms with Gasteiger partial charge < -0.3 is 19.4 Å². The van der Waals surface area contributed by atoms with Gasteiger partial charge in [0.05, 0.1) is 22.9 Å². The standard InChI is InChI=1S/C26H29F2N9O3/c1-25(2,3)22(38)39-15-37-13-20(32-35-37)26(4)5-6-36(14-26)24-34-33-21(40-24)17-11-30-23(31-12-17)29-10-16-7-18(27)9-19(28)8-16/h7-9,11-13H,5-6,10,14-15H2,1-4H3,(H,29,30,31). The Balaban J connectivity index is 1.18. The van der Waals surface area contributed by atoms with Crippen LogP contribution in [0.25, 0.3) is 11.5 Å². The highest BCUT2D eigenvalue weighted by Crippen LogP contribution is 2.35. The molecule has 0 bridgehead atoms. The summed E-state index contributed by atoms with van der Waals surface area (Å²) >= 11 is 0. The van der Waals surface area contributed by atoms with E-state index in [4.69, 9.17) is 9.15 Å². The van der Waals surface area contributed by atoms with Crippen LogP contribution in [0.2, 0.25) is 0 Å². The second kappa shape index (κ2) is 10.6. The molecule has 0 aliphatic carbocycles. The Kier molecular flexibility index (Phi) is 7.17. The molecule has 1 atom stereocenters. The molecule has 4 aromatic rings. The number of rotatable bonds is 8. The molecular weight excluding hydrogens is 524 g/mol. The minimum absolute atomic E-state index is 0.00431. The molecule has 1 aliphatic heterocycles. The van der Waals surface area contributed by atoms with Crippen molar-refractivity contribution in [1.82, 2.24) is 35.2 Å². The first-order valence-corrected chi connectivity index (χ1v) is 12.7. The molecule has 1 N–H and O–H groups in total. The highest BCUT2D eigenvalue weighted by Gasteiger charge is 2.39. The van der Waals surface area contributed by atoms with Gasteiger partial charge >= 0.3 is 12.0 Å². The van der Waals surface area contributed by atoms with Crippen LogP contribution in [0.15, 0.2) is 41.2 Å². The Labute approximate surface area is 228 Å². The number of esters is 1. The highest BCUT2D eigenvalue weighted by atomic mass is 19.1. The summed E-state index contributed by atoms with van der Waals surface area (Å²) in [5.41, 5.74) is 0.814. The fourth-order valence-corrected chi connectivity index (χ4v) is 4.20. The van der Waals surface area contributed by atoms with Gasteiger partial charge in [-0.1, -0.05) is 17.2 Å². The minimum atomic E-state index is -0.649. The average molecular weight is 554 g/mol. The lowest BCUT2D eigenvalue weighted by Crippen LogP contribution is -2.28. The number of halogens is 2. The molecule has 210 valence electrons. The van der Waals surface area contributed by atoms with Crippen LogP contribution >= 0.6 is 0 Å². The van der Waals surface area contributed by atoms with Crippen molar-refractivity contribution in [3.63, 3.8) is 0 Å². The zero-order chi connectivity index (χ0) is 28.5. The molecule has 4 heterocycles. The summed E-state index contributed by atoms with van der Waals surface area (Å²) in [5.74, 6) is -1.07. The lowest BCUT2D eigenvalue weighted by atomic mass is 9.86. The van der Waals surface area contributed by atoms with Gasteiger partial charge in [-0.3, -0.25) is 4.79 Å². The van der Waals surface area contributed by atoms with Crippen molar-refractivity contribution in [2.45, 2.75) is 52.8 Å². The first kappa shape index (κ1) is 27.1. The SMILES string of the molecule is CC(C)(C)C(=O)OCn1cc(C2(C)CCN(c3nnc(-c4cnc(NCc5cc(F)cc(F)c5)nc4)o3)C2)nn1. The van der Waals surface area contributed by atoms with Crippen LogP contribution < -0.4 is 10.2 Å². The van der Waals surface area contributed by atoms with Crippen molar-refractivity contribution in [3.8, 4) is 11.5 Å². The molecule has 0 amide bonds. The van der Waals surface area contributed by atoms with Crippen LogP contribution in [0.3, 0.4) is 0 Å². The number of nitrogens with zero attached hydrogens (tertiary/aromatic N) is 8. The second-order valence-electron chi connectivity index (χ2n) is 11.0. The number of carbonyl (C=O) groups excluding carboxylic acids is 1. The van der Waals surface area contributed by atoms with Crippen LogP contribution in [0.5, 0.6) is 0 Å². The Bertz CT molecular complexity index is 1480. The summed E-state index contributed by atoms with van der Waals surface area (Å²) in [6, 6.07) is 3.65. The lowest BCUT2D eigenvalue weighted by molar-refractivity contribution is -0.157. The number of benzene rings is 1. The van der Waals surface area contributed by atoms with Crippen molar-refractivity contribution in [2.75, 3.05) is 23.3 Å². The zero-order valence-corrected chi connectivity index (χ0v) is 22.6. The van der Waals surface area contributed by atoms with Gasteiger partial charge in [-0.15, -0.1) is 10.2 Å². The van der Waals surface area contributed by atoms with Gasteiger partial charge in [0.1, 0.15) is 11.6 Å². The maximum atomic E-state index is 13.4. The lowest BCUT2D eigenvalue weighted by Gasteiger charge is -2.21. The van der Waals surface area contributed by atoms with Gasteiger partial charge in [0.2, 0.25) is 5.95 Å². The first-order chi connectivity index (χ1) is 19.0. The van der Waals surface area contributed by atoms with Crippen molar-refractivity contribution in [1.29, 1.82) is 0 Å². The smallest absolute Gasteiger partial charge is 0.318 e. The summed E-state index contributed by atoms with van der Waals surface area (Å²) in [6.45, 7) is 8.86. The predicted octanol–water partition coefficient (Wildman–Crippen LogP) is 3.72. The van der Waals surface area contributed by atoms with E-state index < -0.39 is 17.0 Å². The van der Waals surface area contributed by atoms with Crippen molar-refractivity contribution >= 4 is 17.9 Å². The predicted molar refractivity (Wildman–Crippen MR) is 139 cm³/mol. The largest absolute Gasteiger partial charge is 0.442 e. The van der Waals surface area contributed by atoms with Crippen molar-refractivity contribution in [3.05, 3.63) is 59.7 Å². The van der Waals surface area contributed by atoms with E-state index >= 15 is 0 Å². The number of carbonyl (C=O) groups is 1.